The second-order valence-corrected chi connectivity index (χ2v) is 7.13. The molecule has 1 amide bonds. The number of pyridine rings is 1. The number of carbonyl (C=O) groups is 1. The molecule has 4 heterocycles. The monoisotopic (exact) mass is 356 g/mol. The molecule has 8 heteroatoms. The first-order valence-electron chi connectivity index (χ1n) is 9.14. The first kappa shape index (κ1) is 16.8. The molecule has 0 saturated carbocycles. The Labute approximate surface area is 151 Å². The van der Waals surface area contributed by atoms with E-state index < -0.39 is 0 Å². The molecule has 26 heavy (non-hydrogen) atoms. The smallest absolute Gasteiger partial charge is 0.256 e. The van der Waals surface area contributed by atoms with Crippen molar-refractivity contribution >= 4 is 17.4 Å². The molecule has 0 aliphatic carbocycles. The molecular weight excluding hydrogens is 332 g/mol. The van der Waals surface area contributed by atoms with Crippen molar-refractivity contribution in [1.29, 1.82) is 0 Å². The van der Waals surface area contributed by atoms with Gasteiger partial charge in [0.15, 0.2) is 0 Å². The Kier molecular flexibility index (Phi) is 4.50. The van der Waals surface area contributed by atoms with Crippen LogP contribution in [0.2, 0.25) is 0 Å². The third kappa shape index (κ3) is 3.37. The van der Waals surface area contributed by atoms with Crippen LogP contribution in [0.1, 0.15) is 41.2 Å². The third-order valence-electron chi connectivity index (χ3n) is 5.22. The van der Waals surface area contributed by atoms with E-state index in [1.54, 1.807) is 6.20 Å². The molecular formula is C18H24N6O2. The van der Waals surface area contributed by atoms with Gasteiger partial charge in [-0.2, -0.15) is 5.10 Å². The Morgan fingerprint density at radius 1 is 1.35 bits per heavy atom. The summed E-state index contributed by atoms with van der Waals surface area (Å²) < 4.78 is 1.94. The van der Waals surface area contributed by atoms with Crippen LogP contribution in [0.25, 0.3) is 0 Å². The van der Waals surface area contributed by atoms with E-state index >= 15 is 0 Å². The van der Waals surface area contributed by atoms with Crippen molar-refractivity contribution in [3.63, 3.8) is 0 Å². The zero-order valence-electron chi connectivity index (χ0n) is 14.9. The zero-order valence-corrected chi connectivity index (χ0v) is 14.9. The third-order valence-corrected chi connectivity index (χ3v) is 5.22. The van der Waals surface area contributed by atoms with E-state index in [1.165, 1.54) is 6.07 Å². The maximum absolute atomic E-state index is 12.7. The van der Waals surface area contributed by atoms with Gasteiger partial charge in [0.1, 0.15) is 5.82 Å². The van der Waals surface area contributed by atoms with Crippen molar-refractivity contribution in [1.82, 2.24) is 19.7 Å². The minimum atomic E-state index is -0.273. The molecule has 0 aromatic carbocycles. The summed E-state index contributed by atoms with van der Waals surface area (Å²) >= 11 is 0. The van der Waals surface area contributed by atoms with Crippen molar-refractivity contribution in [2.45, 2.75) is 31.7 Å². The summed E-state index contributed by atoms with van der Waals surface area (Å²) in [5.74, 6) is 0.398. The van der Waals surface area contributed by atoms with Gasteiger partial charge in [0.25, 0.3) is 5.91 Å². The Hall–Kier alpha value is -2.61. The van der Waals surface area contributed by atoms with E-state index in [1.807, 2.05) is 10.9 Å². The maximum Gasteiger partial charge on any atom is 0.256 e. The van der Waals surface area contributed by atoms with Gasteiger partial charge in [-0.05, 0) is 45.8 Å². The fourth-order valence-corrected chi connectivity index (χ4v) is 3.74. The number of hydrogen-bond acceptors (Lipinski definition) is 5. The zero-order chi connectivity index (χ0) is 18.1. The number of fused-ring (bicyclic) bond motifs is 1. The molecule has 8 nitrogen and oxygen atoms in total. The topological polar surface area (TPSA) is 95.0 Å². The van der Waals surface area contributed by atoms with Gasteiger partial charge in [-0.1, -0.05) is 0 Å². The van der Waals surface area contributed by atoms with E-state index in [2.05, 4.69) is 32.7 Å². The Morgan fingerprint density at radius 2 is 2.15 bits per heavy atom. The number of hydrogen-bond donors (Lipinski definition) is 3. The molecule has 2 aliphatic heterocycles. The van der Waals surface area contributed by atoms with Crippen molar-refractivity contribution in [3.8, 4) is 0 Å². The SMILES string of the molecule is CN1CCC(n2cc(NC(=O)c3cc(=O)[nH]c4c3CCCN4)cn2)CC1. The van der Waals surface area contributed by atoms with Gasteiger partial charge >= 0.3 is 0 Å². The molecule has 1 saturated heterocycles. The van der Waals surface area contributed by atoms with Crippen LogP contribution in [-0.4, -0.2) is 52.3 Å². The minimum Gasteiger partial charge on any atom is -0.371 e. The number of carbonyl (C=O) groups excluding carboxylic acids is 1. The summed E-state index contributed by atoms with van der Waals surface area (Å²) in [4.78, 5) is 29.7. The number of rotatable bonds is 3. The molecule has 2 aliphatic rings. The van der Waals surface area contributed by atoms with E-state index in [-0.39, 0.29) is 11.5 Å². The lowest BCUT2D eigenvalue weighted by molar-refractivity contribution is 0.102. The number of nitrogens with one attached hydrogen (secondary N) is 3. The van der Waals surface area contributed by atoms with E-state index in [0.29, 0.717) is 23.1 Å². The summed E-state index contributed by atoms with van der Waals surface area (Å²) in [6.07, 6.45) is 7.38. The van der Waals surface area contributed by atoms with Crippen LogP contribution >= 0.6 is 0 Å². The number of piperidine rings is 1. The highest BCUT2D eigenvalue weighted by atomic mass is 16.2. The molecule has 2 aromatic rings. The fourth-order valence-electron chi connectivity index (χ4n) is 3.74. The summed E-state index contributed by atoms with van der Waals surface area (Å²) in [6.45, 7) is 2.91. The second-order valence-electron chi connectivity index (χ2n) is 7.13. The van der Waals surface area contributed by atoms with Gasteiger partial charge in [0.05, 0.1) is 23.5 Å². The van der Waals surface area contributed by atoms with Crippen LogP contribution in [0, 0.1) is 0 Å². The summed E-state index contributed by atoms with van der Waals surface area (Å²) in [5.41, 5.74) is 1.69. The van der Waals surface area contributed by atoms with Crippen LogP contribution in [0.4, 0.5) is 11.5 Å². The van der Waals surface area contributed by atoms with Crippen molar-refractivity contribution in [2.75, 3.05) is 37.3 Å². The largest absolute Gasteiger partial charge is 0.371 e. The van der Waals surface area contributed by atoms with Crippen molar-refractivity contribution < 1.29 is 4.79 Å². The van der Waals surface area contributed by atoms with Gasteiger partial charge in [-0.15, -0.1) is 0 Å². The molecule has 0 spiro atoms. The van der Waals surface area contributed by atoms with Gasteiger partial charge in [0.2, 0.25) is 5.56 Å². The molecule has 0 atom stereocenters. The van der Waals surface area contributed by atoms with E-state index in [4.69, 9.17) is 0 Å². The van der Waals surface area contributed by atoms with Crippen LogP contribution in [0.15, 0.2) is 23.3 Å². The standard InChI is InChI=1S/C18H24N6O2/c1-23-7-4-13(5-8-23)24-11-12(10-20-24)21-18(26)15-9-16(25)22-17-14(15)3-2-6-19-17/h9-11,13H,2-8H2,1H3,(H,21,26)(H2,19,22,25). The number of likely N-dealkylation sites (tertiary alicyclic amines) is 1. The number of nitrogens with zero attached hydrogens (tertiary/aromatic N) is 3. The van der Waals surface area contributed by atoms with Gasteiger partial charge < -0.3 is 20.5 Å². The Morgan fingerprint density at radius 3 is 2.96 bits per heavy atom. The number of aromatic nitrogens is 3. The highest BCUT2D eigenvalue weighted by Crippen LogP contribution is 2.24. The predicted molar refractivity (Wildman–Crippen MR) is 99.8 cm³/mol. The lowest BCUT2D eigenvalue weighted by atomic mass is 10.0. The Bertz CT molecular complexity index is 863. The fraction of sp³-hybridized carbons (Fsp3) is 0.500. The van der Waals surface area contributed by atoms with Crippen LogP contribution < -0.4 is 16.2 Å². The predicted octanol–water partition coefficient (Wildman–Crippen LogP) is 1.45. The van der Waals surface area contributed by atoms with Gasteiger partial charge in [-0.25, -0.2) is 0 Å². The van der Waals surface area contributed by atoms with Crippen molar-refractivity contribution in [3.05, 3.63) is 39.9 Å². The van der Waals surface area contributed by atoms with Gasteiger partial charge in [0, 0.05) is 24.4 Å². The molecule has 0 radical (unpaired) electrons. The minimum absolute atomic E-state index is 0.265. The lowest BCUT2D eigenvalue weighted by Gasteiger charge is -2.28. The maximum atomic E-state index is 12.7. The average molecular weight is 356 g/mol. The van der Waals surface area contributed by atoms with Gasteiger partial charge in [-0.3, -0.25) is 14.3 Å². The molecule has 0 unspecified atom stereocenters. The molecule has 3 N–H and O–H groups in total. The normalized spacial score (nSPS) is 18.2. The van der Waals surface area contributed by atoms with E-state index in [9.17, 15) is 9.59 Å². The summed E-state index contributed by atoms with van der Waals surface area (Å²) in [7, 11) is 2.13. The highest BCUT2D eigenvalue weighted by Gasteiger charge is 2.21. The number of anilines is 2. The summed E-state index contributed by atoms with van der Waals surface area (Å²) in [6, 6.07) is 1.75. The van der Waals surface area contributed by atoms with Crippen LogP contribution in [-0.2, 0) is 6.42 Å². The molecule has 4 rings (SSSR count). The number of H-pyrrole nitrogens is 1. The van der Waals surface area contributed by atoms with Crippen LogP contribution in [0.5, 0.6) is 0 Å². The van der Waals surface area contributed by atoms with E-state index in [0.717, 1.165) is 50.9 Å². The summed E-state index contributed by atoms with van der Waals surface area (Å²) in [5, 5.41) is 10.5. The van der Waals surface area contributed by atoms with Crippen LogP contribution in [0.3, 0.4) is 0 Å². The first-order valence-corrected chi connectivity index (χ1v) is 9.14. The quantitative estimate of drug-likeness (QED) is 0.774. The Balaban J connectivity index is 1.51. The number of amides is 1. The molecule has 0 bridgehead atoms. The first-order chi connectivity index (χ1) is 12.6. The molecule has 1 fully saturated rings. The average Bonchev–Trinajstić information content (AvgIpc) is 3.10. The number of aromatic amines is 1. The highest BCUT2D eigenvalue weighted by molar-refractivity contribution is 6.05. The second kappa shape index (κ2) is 6.95. The van der Waals surface area contributed by atoms with Crippen molar-refractivity contribution in [2.24, 2.45) is 0 Å². The molecule has 2 aromatic heterocycles. The molecule has 138 valence electrons. The lowest BCUT2D eigenvalue weighted by Crippen LogP contribution is -2.31.